The second-order valence-electron chi connectivity index (χ2n) is 4.95. The summed E-state index contributed by atoms with van der Waals surface area (Å²) in [7, 11) is 0. The van der Waals surface area contributed by atoms with Gasteiger partial charge in [-0.1, -0.05) is 12.1 Å². The highest BCUT2D eigenvalue weighted by atomic mass is 127. The van der Waals surface area contributed by atoms with E-state index in [0.29, 0.717) is 19.6 Å². The molecule has 2 rings (SSSR count). The van der Waals surface area contributed by atoms with Crippen molar-refractivity contribution in [1.82, 2.24) is 9.80 Å². The van der Waals surface area contributed by atoms with Gasteiger partial charge in [0.1, 0.15) is 0 Å². The van der Waals surface area contributed by atoms with Crippen molar-refractivity contribution in [3.63, 3.8) is 0 Å². The zero-order chi connectivity index (χ0) is 14.0. The van der Waals surface area contributed by atoms with E-state index in [4.69, 9.17) is 0 Å². The van der Waals surface area contributed by atoms with Crippen molar-refractivity contribution in [2.24, 2.45) is 0 Å². The summed E-state index contributed by atoms with van der Waals surface area (Å²) in [5.74, 6) is -0.773. The van der Waals surface area contributed by atoms with E-state index in [1.165, 1.54) is 0 Å². The van der Waals surface area contributed by atoms with Crippen molar-refractivity contribution < 1.29 is 9.59 Å². The Morgan fingerprint density at radius 1 is 1.11 bits per heavy atom. The summed E-state index contributed by atoms with van der Waals surface area (Å²) in [6.07, 6.45) is 0. The third-order valence-corrected chi connectivity index (χ3v) is 3.97. The molecular formula is C14H17IN2O2. The van der Waals surface area contributed by atoms with Crippen molar-refractivity contribution in [3.8, 4) is 0 Å². The van der Waals surface area contributed by atoms with E-state index >= 15 is 0 Å². The fraction of sp³-hybridized carbons (Fsp3) is 0.429. The lowest BCUT2D eigenvalue weighted by Gasteiger charge is -2.36. The number of halogens is 1. The summed E-state index contributed by atoms with van der Waals surface area (Å²) in [5, 5.41) is 0. The lowest BCUT2D eigenvalue weighted by molar-refractivity contribution is -0.157. The number of nitrogens with zero attached hydrogens (tertiary/aromatic N) is 2. The quantitative estimate of drug-likeness (QED) is 0.601. The molecule has 0 radical (unpaired) electrons. The van der Waals surface area contributed by atoms with E-state index in [1.807, 2.05) is 38.1 Å². The molecule has 1 aliphatic heterocycles. The molecule has 0 atom stereocenters. The molecule has 1 aromatic rings. The van der Waals surface area contributed by atoms with Gasteiger partial charge in [0.25, 0.3) is 0 Å². The van der Waals surface area contributed by atoms with E-state index in [1.54, 1.807) is 9.80 Å². The van der Waals surface area contributed by atoms with E-state index in [9.17, 15) is 9.59 Å². The van der Waals surface area contributed by atoms with Gasteiger partial charge in [-0.15, -0.1) is 0 Å². The van der Waals surface area contributed by atoms with Crippen LogP contribution in [0.15, 0.2) is 24.3 Å². The first-order valence-electron chi connectivity index (χ1n) is 6.33. The number of benzene rings is 1. The SMILES string of the molecule is CC(C)N1CCN(Cc2ccc(I)cc2)C(=O)C1=O. The summed E-state index contributed by atoms with van der Waals surface area (Å²) in [6.45, 7) is 5.59. The van der Waals surface area contributed by atoms with Gasteiger partial charge in [0.15, 0.2) is 0 Å². The van der Waals surface area contributed by atoms with Gasteiger partial charge in [-0.3, -0.25) is 9.59 Å². The minimum atomic E-state index is -0.390. The van der Waals surface area contributed by atoms with Gasteiger partial charge in [-0.2, -0.15) is 0 Å². The zero-order valence-corrected chi connectivity index (χ0v) is 13.3. The van der Waals surface area contributed by atoms with Crippen LogP contribution in [0.1, 0.15) is 19.4 Å². The standard InChI is InChI=1S/C14H17IN2O2/c1-10(2)17-8-7-16(13(18)14(17)19)9-11-3-5-12(15)6-4-11/h3-6,10H,7-9H2,1-2H3. The van der Waals surface area contributed by atoms with Crippen LogP contribution >= 0.6 is 22.6 Å². The third-order valence-electron chi connectivity index (χ3n) is 3.25. The maximum Gasteiger partial charge on any atom is 0.312 e. The molecule has 0 bridgehead atoms. The molecule has 1 saturated heterocycles. The summed E-state index contributed by atoms with van der Waals surface area (Å²) < 4.78 is 1.16. The normalized spacial score (nSPS) is 16.4. The van der Waals surface area contributed by atoms with Crippen LogP contribution < -0.4 is 0 Å². The predicted octanol–water partition coefficient (Wildman–Crippen LogP) is 1.87. The van der Waals surface area contributed by atoms with Crippen LogP contribution in [0.3, 0.4) is 0 Å². The Labute approximate surface area is 126 Å². The number of hydrogen-bond acceptors (Lipinski definition) is 2. The molecule has 0 unspecified atom stereocenters. The van der Waals surface area contributed by atoms with E-state index in [0.717, 1.165) is 9.13 Å². The van der Waals surface area contributed by atoms with Gasteiger partial charge >= 0.3 is 11.8 Å². The first-order chi connectivity index (χ1) is 8.99. The molecule has 1 fully saturated rings. The molecule has 0 aromatic heterocycles. The number of piperazine rings is 1. The minimum Gasteiger partial charge on any atom is -0.330 e. The van der Waals surface area contributed by atoms with Crippen molar-refractivity contribution >= 4 is 34.4 Å². The number of carbonyl (C=O) groups is 2. The first-order valence-corrected chi connectivity index (χ1v) is 7.41. The van der Waals surface area contributed by atoms with Crippen molar-refractivity contribution in [1.29, 1.82) is 0 Å². The average molecular weight is 372 g/mol. The Hall–Kier alpha value is -1.11. The highest BCUT2D eigenvalue weighted by Crippen LogP contribution is 2.14. The summed E-state index contributed by atoms with van der Waals surface area (Å²) in [6, 6.07) is 8.08. The Morgan fingerprint density at radius 3 is 2.32 bits per heavy atom. The maximum absolute atomic E-state index is 12.0. The number of hydrogen-bond donors (Lipinski definition) is 0. The van der Waals surface area contributed by atoms with Gasteiger partial charge in [-0.25, -0.2) is 0 Å². The fourth-order valence-corrected chi connectivity index (χ4v) is 2.50. The molecule has 2 amide bonds. The molecule has 1 heterocycles. The molecule has 5 heteroatoms. The van der Waals surface area contributed by atoms with Crippen LogP contribution in [0.25, 0.3) is 0 Å². The molecule has 0 N–H and O–H groups in total. The Kier molecular flexibility index (Phi) is 4.44. The van der Waals surface area contributed by atoms with E-state index < -0.39 is 5.91 Å². The predicted molar refractivity (Wildman–Crippen MR) is 81.4 cm³/mol. The van der Waals surface area contributed by atoms with Crippen molar-refractivity contribution in [2.45, 2.75) is 26.4 Å². The molecule has 0 saturated carbocycles. The van der Waals surface area contributed by atoms with Gasteiger partial charge in [0, 0.05) is 29.2 Å². The Bertz CT molecular complexity index is 485. The van der Waals surface area contributed by atoms with Crippen molar-refractivity contribution in [3.05, 3.63) is 33.4 Å². The Morgan fingerprint density at radius 2 is 1.74 bits per heavy atom. The summed E-state index contributed by atoms with van der Waals surface area (Å²) >= 11 is 2.24. The second kappa shape index (κ2) is 5.90. The molecule has 0 spiro atoms. The average Bonchev–Trinajstić information content (AvgIpc) is 2.37. The largest absolute Gasteiger partial charge is 0.330 e. The summed E-state index contributed by atoms with van der Waals surface area (Å²) in [5.41, 5.74) is 1.06. The van der Waals surface area contributed by atoms with E-state index in [-0.39, 0.29) is 11.9 Å². The van der Waals surface area contributed by atoms with Crippen LogP contribution in [0.5, 0.6) is 0 Å². The van der Waals surface area contributed by atoms with Gasteiger partial charge in [0.05, 0.1) is 0 Å². The molecule has 4 nitrogen and oxygen atoms in total. The zero-order valence-electron chi connectivity index (χ0n) is 11.1. The van der Waals surface area contributed by atoms with Crippen LogP contribution in [0, 0.1) is 3.57 Å². The summed E-state index contributed by atoms with van der Waals surface area (Å²) in [4.78, 5) is 27.3. The molecule has 1 aromatic carbocycles. The molecule has 102 valence electrons. The molecular weight excluding hydrogens is 355 g/mol. The topological polar surface area (TPSA) is 40.6 Å². The maximum atomic E-state index is 12.0. The lowest BCUT2D eigenvalue weighted by atomic mass is 10.1. The smallest absolute Gasteiger partial charge is 0.312 e. The second-order valence-corrected chi connectivity index (χ2v) is 6.19. The van der Waals surface area contributed by atoms with Crippen LogP contribution in [0.2, 0.25) is 0 Å². The van der Waals surface area contributed by atoms with Crippen molar-refractivity contribution in [2.75, 3.05) is 13.1 Å². The van der Waals surface area contributed by atoms with Gasteiger partial charge in [-0.05, 0) is 54.1 Å². The minimum absolute atomic E-state index is 0.0805. The van der Waals surface area contributed by atoms with Crippen LogP contribution in [-0.2, 0) is 16.1 Å². The highest BCUT2D eigenvalue weighted by molar-refractivity contribution is 14.1. The number of amides is 2. The van der Waals surface area contributed by atoms with Gasteiger partial charge in [0.2, 0.25) is 0 Å². The lowest BCUT2D eigenvalue weighted by Crippen LogP contribution is -2.55. The van der Waals surface area contributed by atoms with Crippen LogP contribution in [0.4, 0.5) is 0 Å². The highest BCUT2D eigenvalue weighted by Gasteiger charge is 2.33. The monoisotopic (exact) mass is 372 g/mol. The molecule has 1 aliphatic rings. The number of rotatable bonds is 3. The van der Waals surface area contributed by atoms with Crippen LogP contribution in [-0.4, -0.2) is 40.7 Å². The number of carbonyl (C=O) groups excluding carboxylic acids is 2. The molecule has 19 heavy (non-hydrogen) atoms. The van der Waals surface area contributed by atoms with Gasteiger partial charge < -0.3 is 9.80 Å². The van der Waals surface area contributed by atoms with E-state index in [2.05, 4.69) is 22.6 Å². The molecule has 0 aliphatic carbocycles. The fourth-order valence-electron chi connectivity index (χ4n) is 2.14. The Balaban J connectivity index is 2.05. The third kappa shape index (κ3) is 3.26. The first kappa shape index (κ1) is 14.3.